The summed E-state index contributed by atoms with van der Waals surface area (Å²) in [7, 11) is 0. The molecule has 9 aromatic carbocycles. The van der Waals surface area contributed by atoms with Gasteiger partial charge in [0.05, 0.1) is 0 Å². The Morgan fingerprint density at radius 1 is 0.267 bits per heavy atom. The van der Waals surface area contributed by atoms with Gasteiger partial charge in [0.25, 0.3) is 0 Å². The number of benzene rings is 9. The van der Waals surface area contributed by atoms with Gasteiger partial charge in [0, 0.05) is 16.2 Å². The Balaban J connectivity index is 1.30. The minimum atomic E-state index is 0.910. The molecule has 0 atom stereocenters. The molecule has 0 fully saturated rings. The van der Waals surface area contributed by atoms with E-state index >= 15 is 0 Å². The highest BCUT2D eigenvalue weighted by molar-refractivity contribution is 6.34. The van der Waals surface area contributed by atoms with Crippen LogP contribution in [0.15, 0.2) is 162 Å². The molecule has 1 heteroatoms. The molecule has 0 aliphatic carbocycles. The first-order valence-electron chi connectivity index (χ1n) is 15.5. The van der Waals surface area contributed by atoms with Crippen LogP contribution in [0.5, 0.6) is 0 Å². The Morgan fingerprint density at radius 3 is 1.31 bits per heavy atom. The first-order chi connectivity index (χ1) is 22.3. The van der Waals surface area contributed by atoms with E-state index < -0.39 is 0 Å². The Hall–Kier alpha value is -5.92. The fraction of sp³-hybridized carbons (Fsp3) is 0. The van der Waals surface area contributed by atoms with Gasteiger partial charge in [-0.25, -0.2) is 0 Å². The van der Waals surface area contributed by atoms with Crippen LogP contribution in [0, 0.1) is 0 Å². The molecule has 10 aromatic rings. The standard InChI is InChI=1S/C44H26O/c1-2-12-27(13-3-1)41-33-18-8-10-20-35(33)42(36-21-11-9-19-34(36)41)28-22-23-38-40(26-28)45-39-25-24-37-31-16-5-4-14-29(31)30-15-6-7-17-32(30)43(37)44(38)39/h1-26H. The predicted molar refractivity (Wildman–Crippen MR) is 192 cm³/mol. The van der Waals surface area contributed by atoms with Crippen LogP contribution in [0.25, 0.3) is 98.1 Å². The normalized spacial score (nSPS) is 12.0. The monoisotopic (exact) mass is 570 g/mol. The maximum Gasteiger partial charge on any atom is 0.136 e. The van der Waals surface area contributed by atoms with Gasteiger partial charge in [-0.1, -0.05) is 133 Å². The van der Waals surface area contributed by atoms with Crippen molar-refractivity contribution in [3.8, 4) is 22.3 Å². The third-order valence-corrected chi connectivity index (χ3v) is 9.62. The summed E-state index contributed by atoms with van der Waals surface area (Å²) in [6.07, 6.45) is 0. The van der Waals surface area contributed by atoms with E-state index in [4.69, 9.17) is 4.42 Å². The molecule has 0 saturated heterocycles. The fourth-order valence-corrected chi connectivity index (χ4v) is 7.77. The largest absolute Gasteiger partial charge is 0.456 e. The van der Waals surface area contributed by atoms with Crippen LogP contribution < -0.4 is 0 Å². The van der Waals surface area contributed by atoms with Crippen LogP contribution in [0.4, 0.5) is 0 Å². The molecule has 0 saturated carbocycles. The highest BCUT2D eigenvalue weighted by atomic mass is 16.3. The molecule has 0 N–H and O–H groups in total. The van der Waals surface area contributed by atoms with Gasteiger partial charge in [-0.2, -0.15) is 0 Å². The molecule has 45 heavy (non-hydrogen) atoms. The van der Waals surface area contributed by atoms with E-state index in [2.05, 4.69) is 158 Å². The SMILES string of the molecule is c1ccc(-c2c3ccccc3c(-c3ccc4c(c3)oc3ccc5c6ccccc6c6ccccc6c5c34)c3ccccc23)cc1. The van der Waals surface area contributed by atoms with Crippen molar-refractivity contribution in [1.29, 1.82) is 0 Å². The average molecular weight is 571 g/mol. The minimum Gasteiger partial charge on any atom is -0.456 e. The first-order valence-corrected chi connectivity index (χ1v) is 15.5. The Bertz CT molecular complexity index is 2710. The quantitative estimate of drug-likeness (QED) is 0.149. The smallest absolute Gasteiger partial charge is 0.136 e. The van der Waals surface area contributed by atoms with Crippen LogP contribution in [-0.4, -0.2) is 0 Å². The Labute approximate surface area is 259 Å². The third-order valence-electron chi connectivity index (χ3n) is 9.62. The molecule has 10 rings (SSSR count). The number of furan rings is 1. The van der Waals surface area contributed by atoms with Crippen LogP contribution in [0.2, 0.25) is 0 Å². The van der Waals surface area contributed by atoms with Crippen molar-refractivity contribution in [1.82, 2.24) is 0 Å². The third kappa shape index (κ3) is 3.44. The van der Waals surface area contributed by atoms with Crippen molar-refractivity contribution in [3.05, 3.63) is 158 Å². The van der Waals surface area contributed by atoms with E-state index in [9.17, 15) is 0 Å². The van der Waals surface area contributed by atoms with Gasteiger partial charge in [-0.15, -0.1) is 0 Å². The van der Waals surface area contributed by atoms with Gasteiger partial charge >= 0.3 is 0 Å². The van der Waals surface area contributed by atoms with E-state index in [-0.39, 0.29) is 0 Å². The van der Waals surface area contributed by atoms with Gasteiger partial charge in [-0.3, -0.25) is 0 Å². The molecular formula is C44H26O. The summed E-state index contributed by atoms with van der Waals surface area (Å²) in [5, 5.41) is 14.9. The number of fused-ring (bicyclic) bond motifs is 12. The van der Waals surface area contributed by atoms with Crippen LogP contribution in [0.3, 0.4) is 0 Å². The van der Waals surface area contributed by atoms with Crippen LogP contribution >= 0.6 is 0 Å². The van der Waals surface area contributed by atoms with Crippen molar-refractivity contribution in [2.24, 2.45) is 0 Å². The average Bonchev–Trinajstić information content (AvgIpc) is 3.49. The summed E-state index contributed by atoms with van der Waals surface area (Å²) in [5.41, 5.74) is 6.74. The summed E-state index contributed by atoms with van der Waals surface area (Å²) in [6, 6.07) is 57.1. The van der Waals surface area contributed by atoms with Gasteiger partial charge in [0.15, 0.2) is 0 Å². The molecule has 0 spiro atoms. The van der Waals surface area contributed by atoms with E-state index in [0.29, 0.717) is 0 Å². The second-order valence-corrected chi connectivity index (χ2v) is 12.0. The Kier molecular flexibility index (Phi) is 5.06. The lowest BCUT2D eigenvalue weighted by Crippen LogP contribution is -1.90. The molecule has 0 aliphatic heterocycles. The molecule has 208 valence electrons. The van der Waals surface area contributed by atoms with Gasteiger partial charge in [0.1, 0.15) is 11.2 Å². The summed E-state index contributed by atoms with van der Waals surface area (Å²) < 4.78 is 6.70. The topological polar surface area (TPSA) is 13.1 Å². The minimum absolute atomic E-state index is 0.910. The molecule has 0 unspecified atom stereocenters. The summed E-state index contributed by atoms with van der Waals surface area (Å²) in [6.45, 7) is 0. The molecule has 0 bridgehead atoms. The second-order valence-electron chi connectivity index (χ2n) is 12.0. The fourth-order valence-electron chi connectivity index (χ4n) is 7.77. The molecular weight excluding hydrogens is 544 g/mol. The van der Waals surface area contributed by atoms with Crippen molar-refractivity contribution < 1.29 is 4.42 Å². The number of rotatable bonds is 2. The van der Waals surface area contributed by atoms with Crippen LogP contribution in [-0.2, 0) is 0 Å². The zero-order valence-electron chi connectivity index (χ0n) is 24.4. The lowest BCUT2D eigenvalue weighted by Gasteiger charge is -2.17. The van der Waals surface area contributed by atoms with E-state index in [1.165, 1.54) is 75.9 Å². The van der Waals surface area contributed by atoms with Crippen molar-refractivity contribution >= 4 is 75.8 Å². The number of hydrogen-bond acceptors (Lipinski definition) is 1. The molecule has 1 nitrogen and oxygen atoms in total. The van der Waals surface area contributed by atoms with Crippen molar-refractivity contribution in [3.63, 3.8) is 0 Å². The zero-order chi connectivity index (χ0) is 29.5. The second kappa shape index (κ2) is 9.29. The molecule has 1 heterocycles. The molecule has 0 radical (unpaired) electrons. The Morgan fingerprint density at radius 2 is 0.711 bits per heavy atom. The maximum absolute atomic E-state index is 6.70. The van der Waals surface area contributed by atoms with Gasteiger partial charge in [-0.05, 0) is 95.0 Å². The maximum atomic E-state index is 6.70. The van der Waals surface area contributed by atoms with Gasteiger partial charge < -0.3 is 4.42 Å². The van der Waals surface area contributed by atoms with Crippen molar-refractivity contribution in [2.75, 3.05) is 0 Å². The predicted octanol–water partition coefficient (Wildman–Crippen LogP) is 12.7. The highest BCUT2D eigenvalue weighted by Crippen LogP contribution is 2.46. The summed E-state index contributed by atoms with van der Waals surface area (Å²) in [4.78, 5) is 0. The summed E-state index contributed by atoms with van der Waals surface area (Å²) in [5.74, 6) is 0. The number of hydrogen-bond donors (Lipinski definition) is 0. The molecule has 0 amide bonds. The van der Waals surface area contributed by atoms with E-state index in [1.807, 2.05) is 0 Å². The lowest BCUT2D eigenvalue weighted by molar-refractivity contribution is 0.669. The van der Waals surface area contributed by atoms with Gasteiger partial charge in [0.2, 0.25) is 0 Å². The molecule has 1 aromatic heterocycles. The van der Waals surface area contributed by atoms with E-state index in [0.717, 1.165) is 22.1 Å². The molecule has 0 aliphatic rings. The van der Waals surface area contributed by atoms with Crippen molar-refractivity contribution in [2.45, 2.75) is 0 Å². The zero-order valence-corrected chi connectivity index (χ0v) is 24.4. The highest BCUT2D eigenvalue weighted by Gasteiger charge is 2.19. The summed E-state index contributed by atoms with van der Waals surface area (Å²) >= 11 is 0. The van der Waals surface area contributed by atoms with E-state index in [1.54, 1.807) is 0 Å². The van der Waals surface area contributed by atoms with Crippen LogP contribution in [0.1, 0.15) is 0 Å². The first kappa shape index (κ1) is 24.5. The lowest BCUT2D eigenvalue weighted by atomic mass is 9.86.